The first-order valence-electron chi connectivity index (χ1n) is 9.30. The van der Waals surface area contributed by atoms with Crippen LogP contribution in [0.15, 0.2) is 24.3 Å². The highest BCUT2D eigenvalue weighted by atomic mass is 16.6. The number of benzene rings is 1. The molecule has 0 aliphatic carbocycles. The van der Waals surface area contributed by atoms with Crippen LogP contribution in [-0.4, -0.2) is 42.3 Å². The van der Waals surface area contributed by atoms with Crippen molar-refractivity contribution in [1.82, 2.24) is 10.2 Å². The van der Waals surface area contributed by atoms with Crippen molar-refractivity contribution >= 4 is 6.09 Å². The van der Waals surface area contributed by atoms with E-state index in [1.165, 1.54) is 5.56 Å². The number of carbonyl (C=O) groups is 1. The van der Waals surface area contributed by atoms with Gasteiger partial charge in [0.2, 0.25) is 0 Å². The van der Waals surface area contributed by atoms with E-state index in [-0.39, 0.29) is 6.09 Å². The molecule has 1 N–H and O–H groups in total. The van der Waals surface area contributed by atoms with Gasteiger partial charge in [0, 0.05) is 25.7 Å². The summed E-state index contributed by atoms with van der Waals surface area (Å²) in [4.78, 5) is 14.1. The Morgan fingerprint density at radius 3 is 2.88 bits per heavy atom. The Bertz CT molecular complexity index is 554. The number of hydrogen-bond donors (Lipinski definition) is 1. The fraction of sp³-hybridized carbons (Fsp3) is 0.650. The number of nitrogens with zero attached hydrogens (tertiary/aromatic N) is 1. The molecule has 1 atom stereocenters. The molecule has 0 radical (unpaired) electrons. The number of piperidine rings is 1. The number of hydrogen-bond acceptors (Lipinski definition) is 4. The standard InChI is InChI=1S/C20H32N2O3/c1-5-12-24-18-10-6-8-16(13-18)14-21-17-9-7-11-22(15-17)19(23)25-20(2,3)4/h6,8,10,13,17,21H,5,7,9,11-12,14-15H2,1-4H3. The Morgan fingerprint density at radius 2 is 2.16 bits per heavy atom. The molecule has 0 saturated carbocycles. The highest BCUT2D eigenvalue weighted by molar-refractivity contribution is 5.68. The summed E-state index contributed by atoms with van der Waals surface area (Å²) in [6.07, 6.45) is 2.86. The van der Waals surface area contributed by atoms with Crippen molar-refractivity contribution in [3.8, 4) is 5.75 Å². The van der Waals surface area contributed by atoms with Crippen LogP contribution < -0.4 is 10.1 Å². The third-order valence-electron chi connectivity index (χ3n) is 4.04. The van der Waals surface area contributed by atoms with Crippen LogP contribution in [0.2, 0.25) is 0 Å². The maximum absolute atomic E-state index is 12.2. The van der Waals surface area contributed by atoms with Gasteiger partial charge in [-0.25, -0.2) is 4.79 Å². The zero-order valence-electron chi connectivity index (χ0n) is 16.0. The van der Waals surface area contributed by atoms with Crippen LogP contribution in [0.5, 0.6) is 5.75 Å². The third kappa shape index (κ3) is 6.94. The topological polar surface area (TPSA) is 50.8 Å². The molecule has 1 aromatic rings. The second-order valence-corrected chi connectivity index (χ2v) is 7.64. The van der Waals surface area contributed by atoms with Crippen LogP contribution in [0.1, 0.15) is 52.5 Å². The van der Waals surface area contributed by atoms with E-state index in [1.54, 1.807) is 0 Å². The van der Waals surface area contributed by atoms with Gasteiger partial charge >= 0.3 is 6.09 Å². The minimum atomic E-state index is -0.448. The molecule has 5 heteroatoms. The third-order valence-corrected chi connectivity index (χ3v) is 4.04. The summed E-state index contributed by atoms with van der Waals surface area (Å²) in [6, 6.07) is 8.48. The first-order chi connectivity index (χ1) is 11.9. The van der Waals surface area contributed by atoms with E-state index < -0.39 is 5.60 Å². The van der Waals surface area contributed by atoms with E-state index in [1.807, 2.05) is 37.8 Å². The number of rotatable bonds is 6. The van der Waals surface area contributed by atoms with Gasteiger partial charge in [0.05, 0.1) is 6.61 Å². The Balaban J connectivity index is 1.83. The van der Waals surface area contributed by atoms with E-state index in [9.17, 15) is 4.79 Å². The highest BCUT2D eigenvalue weighted by Gasteiger charge is 2.27. The average Bonchev–Trinajstić information content (AvgIpc) is 2.57. The summed E-state index contributed by atoms with van der Waals surface area (Å²) in [6.45, 7) is 10.8. The van der Waals surface area contributed by atoms with Gasteiger partial charge in [0.15, 0.2) is 0 Å². The Hall–Kier alpha value is -1.75. The monoisotopic (exact) mass is 348 g/mol. The van der Waals surface area contributed by atoms with Gasteiger partial charge in [-0.2, -0.15) is 0 Å². The smallest absolute Gasteiger partial charge is 0.410 e. The van der Waals surface area contributed by atoms with Crippen LogP contribution >= 0.6 is 0 Å². The summed E-state index contributed by atoms with van der Waals surface area (Å²) >= 11 is 0. The maximum atomic E-state index is 12.2. The minimum absolute atomic E-state index is 0.214. The van der Waals surface area contributed by atoms with E-state index in [0.29, 0.717) is 12.6 Å². The lowest BCUT2D eigenvalue weighted by atomic mass is 10.1. The maximum Gasteiger partial charge on any atom is 0.410 e. The van der Waals surface area contributed by atoms with Crippen LogP contribution in [0.3, 0.4) is 0 Å². The van der Waals surface area contributed by atoms with Crippen molar-refractivity contribution in [2.45, 2.75) is 65.1 Å². The van der Waals surface area contributed by atoms with Gasteiger partial charge < -0.3 is 19.7 Å². The lowest BCUT2D eigenvalue weighted by Gasteiger charge is -2.34. The van der Waals surface area contributed by atoms with Crippen LogP contribution in [-0.2, 0) is 11.3 Å². The lowest BCUT2D eigenvalue weighted by molar-refractivity contribution is 0.0187. The van der Waals surface area contributed by atoms with Crippen molar-refractivity contribution in [3.63, 3.8) is 0 Å². The fourth-order valence-corrected chi connectivity index (χ4v) is 2.86. The van der Waals surface area contributed by atoms with Crippen LogP contribution in [0.25, 0.3) is 0 Å². The molecule has 2 rings (SSSR count). The van der Waals surface area contributed by atoms with Crippen molar-refractivity contribution in [1.29, 1.82) is 0 Å². The van der Waals surface area contributed by atoms with E-state index in [0.717, 1.165) is 44.7 Å². The normalized spacial score (nSPS) is 18.1. The summed E-state index contributed by atoms with van der Waals surface area (Å²) in [5.41, 5.74) is 0.749. The largest absolute Gasteiger partial charge is 0.494 e. The molecule has 0 spiro atoms. The summed E-state index contributed by atoms with van der Waals surface area (Å²) in [5.74, 6) is 0.917. The van der Waals surface area contributed by atoms with E-state index in [4.69, 9.17) is 9.47 Å². The van der Waals surface area contributed by atoms with Gasteiger partial charge in [-0.3, -0.25) is 0 Å². The van der Waals surface area contributed by atoms with Gasteiger partial charge in [0.25, 0.3) is 0 Å². The molecule has 0 aromatic heterocycles. The SMILES string of the molecule is CCCOc1cccc(CNC2CCCN(C(=O)OC(C)(C)C)C2)c1. The number of ether oxygens (including phenoxy) is 2. The van der Waals surface area contributed by atoms with Crippen molar-refractivity contribution in [3.05, 3.63) is 29.8 Å². The molecule has 1 aliphatic rings. The predicted molar refractivity (Wildman–Crippen MR) is 99.9 cm³/mol. The molecular weight excluding hydrogens is 316 g/mol. The number of nitrogens with one attached hydrogen (secondary N) is 1. The van der Waals surface area contributed by atoms with Gasteiger partial charge in [-0.1, -0.05) is 19.1 Å². The van der Waals surface area contributed by atoms with Gasteiger partial charge in [0.1, 0.15) is 11.4 Å². The molecular formula is C20H32N2O3. The lowest BCUT2D eigenvalue weighted by Crippen LogP contribution is -2.49. The summed E-state index contributed by atoms with van der Waals surface area (Å²) < 4.78 is 11.2. The molecule has 0 bridgehead atoms. The molecule has 1 heterocycles. The Labute approximate surface area is 151 Å². The average molecular weight is 348 g/mol. The Kier molecular flexibility index (Phi) is 7.12. The summed E-state index contributed by atoms with van der Waals surface area (Å²) in [5, 5.41) is 3.56. The molecule has 1 fully saturated rings. The zero-order chi connectivity index (χ0) is 18.3. The van der Waals surface area contributed by atoms with Gasteiger partial charge in [-0.05, 0) is 57.7 Å². The molecule has 5 nitrogen and oxygen atoms in total. The first-order valence-corrected chi connectivity index (χ1v) is 9.30. The molecule has 140 valence electrons. The fourth-order valence-electron chi connectivity index (χ4n) is 2.86. The summed E-state index contributed by atoms with van der Waals surface area (Å²) in [7, 11) is 0. The zero-order valence-corrected chi connectivity index (χ0v) is 16.0. The predicted octanol–water partition coefficient (Wildman–Crippen LogP) is 3.96. The Morgan fingerprint density at radius 1 is 1.36 bits per heavy atom. The minimum Gasteiger partial charge on any atom is -0.494 e. The number of carbonyl (C=O) groups excluding carboxylic acids is 1. The quantitative estimate of drug-likeness (QED) is 0.845. The van der Waals surface area contributed by atoms with Gasteiger partial charge in [-0.15, -0.1) is 0 Å². The second kappa shape index (κ2) is 9.09. The van der Waals surface area contributed by atoms with Crippen molar-refractivity contribution in [2.75, 3.05) is 19.7 Å². The van der Waals surface area contributed by atoms with Crippen molar-refractivity contribution < 1.29 is 14.3 Å². The highest BCUT2D eigenvalue weighted by Crippen LogP contribution is 2.17. The molecule has 1 unspecified atom stereocenters. The number of likely N-dealkylation sites (tertiary alicyclic amines) is 1. The molecule has 1 aliphatic heterocycles. The van der Waals surface area contributed by atoms with Crippen LogP contribution in [0, 0.1) is 0 Å². The van der Waals surface area contributed by atoms with E-state index >= 15 is 0 Å². The van der Waals surface area contributed by atoms with E-state index in [2.05, 4.69) is 24.4 Å². The van der Waals surface area contributed by atoms with Crippen LogP contribution in [0.4, 0.5) is 4.79 Å². The first kappa shape index (κ1) is 19.6. The molecule has 1 amide bonds. The molecule has 1 saturated heterocycles. The number of amides is 1. The molecule has 1 aromatic carbocycles. The van der Waals surface area contributed by atoms with Crippen molar-refractivity contribution in [2.24, 2.45) is 0 Å². The second-order valence-electron chi connectivity index (χ2n) is 7.64. The molecule has 25 heavy (non-hydrogen) atoms.